The van der Waals surface area contributed by atoms with Gasteiger partial charge in [-0.3, -0.25) is 4.90 Å². The number of nitrogens with one attached hydrogen (secondary N) is 1. The van der Waals surface area contributed by atoms with E-state index in [-0.39, 0.29) is 0 Å². The first-order valence-electron chi connectivity index (χ1n) is 5.97. The van der Waals surface area contributed by atoms with Crippen molar-refractivity contribution in [2.75, 3.05) is 13.1 Å². The first-order chi connectivity index (χ1) is 7.67. The predicted octanol–water partition coefficient (Wildman–Crippen LogP) is 0.814. The minimum atomic E-state index is 0.525. The molecule has 2 heterocycles. The first-order valence-corrected chi connectivity index (χ1v) is 5.97. The van der Waals surface area contributed by atoms with E-state index in [0.29, 0.717) is 12.1 Å². The highest BCUT2D eigenvalue weighted by molar-refractivity contribution is 4.86. The number of hydrogen-bond donors (Lipinski definition) is 1. The van der Waals surface area contributed by atoms with Gasteiger partial charge in [-0.1, -0.05) is 6.92 Å². The fourth-order valence-corrected chi connectivity index (χ4v) is 2.26. The van der Waals surface area contributed by atoms with Crippen molar-refractivity contribution < 1.29 is 4.42 Å². The SMILES string of the molecule is CCc1nnc(CN2CC(C)NC(C)C2)o1. The Balaban J connectivity index is 1.93. The average Bonchev–Trinajstić information content (AvgIpc) is 2.64. The molecule has 0 amide bonds. The summed E-state index contributed by atoms with van der Waals surface area (Å²) in [7, 11) is 0. The van der Waals surface area contributed by atoms with Crippen molar-refractivity contribution in [3.8, 4) is 0 Å². The summed E-state index contributed by atoms with van der Waals surface area (Å²) in [6, 6.07) is 1.05. The van der Waals surface area contributed by atoms with Gasteiger partial charge in [0.15, 0.2) is 0 Å². The minimum Gasteiger partial charge on any atom is -0.424 e. The maximum atomic E-state index is 5.52. The molecule has 1 saturated heterocycles. The highest BCUT2D eigenvalue weighted by Crippen LogP contribution is 2.09. The topological polar surface area (TPSA) is 54.2 Å². The molecule has 0 radical (unpaired) electrons. The number of aryl methyl sites for hydroxylation is 1. The van der Waals surface area contributed by atoms with Gasteiger partial charge in [-0.2, -0.15) is 0 Å². The van der Waals surface area contributed by atoms with E-state index in [9.17, 15) is 0 Å². The van der Waals surface area contributed by atoms with Gasteiger partial charge < -0.3 is 9.73 Å². The number of hydrogen-bond acceptors (Lipinski definition) is 5. The second kappa shape index (κ2) is 4.93. The van der Waals surface area contributed by atoms with Crippen molar-refractivity contribution in [2.24, 2.45) is 0 Å². The van der Waals surface area contributed by atoms with E-state index in [1.807, 2.05) is 6.92 Å². The van der Waals surface area contributed by atoms with Crippen LogP contribution in [0, 0.1) is 0 Å². The molecule has 0 saturated carbocycles. The van der Waals surface area contributed by atoms with Crippen molar-refractivity contribution in [3.63, 3.8) is 0 Å². The highest BCUT2D eigenvalue weighted by Gasteiger charge is 2.22. The van der Waals surface area contributed by atoms with Crippen LogP contribution in [0.1, 0.15) is 32.6 Å². The van der Waals surface area contributed by atoms with Crippen LogP contribution in [0.2, 0.25) is 0 Å². The van der Waals surface area contributed by atoms with Crippen molar-refractivity contribution in [1.29, 1.82) is 0 Å². The van der Waals surface area contributed by atoms with Gasteiger partial charge in [-0.05, 0) is 13.8 Å². The molecule has 16 heavy (non-hydrogen) atoms. The van der Waals surface area contributed by atoms with Crippen molar-refractivity contribution in [3.05, 3.63) is 11.8 Å². The van der Waals surface area contributed by atoms with Crippen molar-refractivity contribution in [2.45, 2.75) is 45.8 Å². The Morgan fingerprint density at radius 2 is 1.88 bits per heavy atom. The average molecular weight is 224 g/mol. The molecule has 0 aliphatic carbocycles. The van der Waals surface area contributed by atoms with Crippen LogP contribution in [0.3, 0.4) is 0 Å². The summed E-state index contributed by atoms with van der Waals surface area (Å²) in [5, 5.41) is 11.5. The summed E-state index contributed by atoms with van der Waals surface area (Å²) >= 11 is 0. The van der Waals surface area contributed by atoms with E-state index in [4.69, 9.17) is 4.42 Å². The molecule has 0 aromatic carbocycles. The summed E-state index contributed by atoms with van der Waals surface area (Å²) in [6.07, 6.45) is 0.807. The lowest BCUT2D eigenvalue weighted by Crippen LogP contribution is -2.53. The maximum absolute atomic E-state index is 5.52. The van der Waals surface area contributed by atoms with E-state index >= 15 is 0 Å². The fourth-order valence-electron chi connectivity index (χ4n) is 2.26. The molecule has 2 unspecified atom stereocenters. The highest BCUT2D eigenvalue weighted by atomic mass is 16.4. The molecule has 0 bridgehead atoms. The summed E-state index contributed by atoms with van der Waals surface area (Å²) < 4.78 is 5.52. The van der Waals surface area contributed by atoms with Gasteiger partial charge in [0.25, 0.3) is 0 Å². The predicted molar refractivity (Wildman–Crippen MR) is 61.0 cm³/mol. The zero-order chi connectivity index (χ0) is 11.5. The smallest absolute Gasteiger partial charge is 0.230 e. The summed E-state index contributed by atoms with van der Waals surface area (Å²) in [5.41, 5.74) is 0. The lowest BCUT2D eigenvalue weighted by molar-refractivity contribution is 0.153. The fraction of sp³-hybridized carbons (Fsp3) is 0.818. The molecule has 1 aliphatic heterocycles. The Bertz CT molecular complexity index is 328. The van der Waals surface area contributed by atoms with Crippen LogP contribution < -0.4 is 5.32 Å². The van der Waals surface area contributed by atoms with Gasteiger partial charge in [0.2, 0.25) is 11.8 Å². The van der Waals surface area contributed by atoms with E-state index in [1.165, 1.54) is 0 Å². The third-order valence-electron chi connectivity index (χ3n) is 2.80. The van der Waals surface area contributed by atoms with Gasteiger partial charge in [0.05, 0.1) is 6.54 Å². The van der Waals surface area contributed by atoms with Crippen molar-refractivity contribution >= 4 is 0 Å². The Morgan fingerprint density at radius 1 is 1.25 bits per heavy atom. The Labute approximate surface area is 96.2 Å². The lowest BCUT2D eigenvalue weighted by Gasteiger charge is -2.35. The lowest BCUT2D eigenvalue weighted by atomic mass is 10.1. The van der Waals surface area contributed by atoms with Crippen LogP contribution in [-0.2, 0) is 13.0 Å². The zero-order valence-electron chi connectivity index (χ0n) is 10.2. The molecule has 1 N–H and O–H groups in total. The molecule has 0 spiro atoms. The molecule has 1 aromatic rings. The summed E-state index contributed by atoms with van der Waals surface area (Å²) in [4.78, 5) is 2.36. The second-order valence-corrected chi connectivity index (χ2v) is 4.61. The summed E-state index contributed by atoms with van der Waals surface area (Å²) in [6.45, 7) is 9.26. The van der Waals surface area contributed by atoms with Crippen LogP contribution >= 0.6 is 0 Å². The molecule has 1 aliphatic rings. The molecule has 5 heteroatoms. The minimum absolute atomic E-state index is 0.525. The quantitative estimate of drug-likeness (QED) is 0.823. The standard InChI is InChI=1S/C11H20N4O/c1-4-10-13-14-11(16-10)7-15-5-8(2)12-9(3)6-15/h8-9,12H,4-7H2,1-3H3. The van der Waals surface area contributed by atoms with Gasteiger partial charge >= 0.3 is 0 Å². The number of nitrogens with zero attached hydrogens (tertiary/aromatic N) is 3. The van der Waals surface area contributed by atoms with Crippen LogP contribution in [-0.4, -0.2) is 40.3 Å². The molecule has 1 fully saturated rings. The monoisotopic (exact) mass is 224 g/mol. The molecule has 90 valence electrons. The van der Waals surface area contributed by atoms with Crippen LogP contribution in [0.25, 0.3) is 0 Å². The largest absolute Gasteiger partial charge is 0.424 e. The number of piperazine rings is 1. The van der Waals surface area contributed by atoms with Crippen LogP contribution in [0.5, 0.6) is 0 Å². The molecule has 2 rings (SSSR count). The van der Waals surface area contributed by atoms with Gasteiger partial charge in [-0.25, -0.2) is 0 Å². The Hall–Kier alpha value is -0.940. The van der Waals surface area contributed by atoms with Gasteiger partial charge in [0, 0.05) is 31.6 Å². The Morgan fingerprint density at radius 3 is 2.44 bits per heavy atom. The molecule has 2 atom stereocenters. The zero-order valence-corrected chi connectivity index (χ0v) is 10.2. The van der Waals surface area contributed by atoms with E-state index in [0.717, 1.165) is 37.8 Å². The first kappa shape index (κ1) is 11.5. The van der Waals surface area contributed by atoms with Crippen molar-refractivity contribution in [1.82, 2.24) is 20.4 Å². The number of aromatic nitrogens is 2. The van der Waals surface area contributed by atoms with E-state index in [2.05, 4.69) is 34.3 Å². The summed E-state index contributed by atoms with van der Waals surface area (Å²) in [5.74, 6) is 1.46. The van der Waals surface area contributed by atoms with Crippen LogP contribution in [0.4, 0.5) is 0 Å². The third-order valence-corrected chi connectivity index (χ3v) is 2.80. The van der Waals surface area contributed by atoms with Crippen LogP contribution in [0.15, 0.2) is 4.42 Å². The van der Waals surface area contributed by atoms with E-state index < -0.39 is 0 Å². The maximum Gasteiger partial charge on any atom is 0.230 e. The van der Waals surface area contributed by atoms with Gasteiger partial charge in [-0.15, -0.1) is 10.2 Å². The normalized spacial score (nSPS) is 27.2. The number of rotatable bonds is 3. The van der Waals surface area contributed by atoms with Gasteiger partial charge in [0.1, 0.15) is 0 Å². The molecular formula is C11H20N4O. The molecule has 1 aromatic heterocycles. The van der Waals surface area contributed by atoms with E-state index in [1.54, 1.807) is 0 Å². The Kier molecular flexibility index (Phi) is 3.56. The molecule has 5 nitrogen and oxygen atoms in total. The third kappa shape index (κ3) is 2.80. The molecular weight excluding hydrogens is 204 g/mol. The second-order valence-electron chi connectivity index (χ2n) is 4.61.